The Kier molecular flexibility index (Phi) is 3.09. The van der Waals surface area contributed by atoms with E-state index < -0.39 is 10.8 Å². The van der Waals surface area contributed by atoms with Crippen molar-refractivity contribution in [1.29, 1.82) is 0 Å². The van der Waals surface area contributed by atoms with Gasteiger partial charge in [-0.05, 0) is 360 Å². The minimum Gasteiger partial charge on any atom is -0.282 e. The number of nitrogens with zero attached hydrogens (tertiary/aromatic N) is 4. The van der Waals surface area contributed by atoms with Crippen LogP contribution in [0.3, 0.4) is 0 Å². The van der Waals surface area contributed by atoms with Crippen LogP contribution in [0.15, 0.2) is 73.6 Å². The van der Waals surface area contributed by atoms with Gasteiger partial charge in [0.2, 0.25) is 0 Å². The molecule has 1 saturated heterocycles. The molecule has 0 bridgehead atoms. The third-order valence-electron chi connectivity index (χ3n) is 28.1. The van der Waals surface area contributed by atoms with Crippen LogP contribution in [0.2, 0.25) is 0 Å². The van der Waals surface area contributed by atoms with Gasteiger partial charge in [-0.1, -0.05) is 6.07 Å². The Morgan fingerprint density at radius 3 is 0.646 bits per heavy atom. The normalized spacial score (nSPS) is 23.0. The first-order chi connectivity index (χ1) is 40.9. The topological polar surface area (TPSA) is 41.9 Å². The lowest BCUT2D eigenvalue weighted by Crippen LogP contribution is -2.52. The molecule has 4 heterocycles. The summed E-state index contributed by atoms with van der Waals surface area (Å²) in [5.41, 5.74) is 9.71. The SMILES string of the molecule is c1cncc(CN2[C@@H](c3ccncc3)C34c5c6c7c8c9c%10c(c%11c%12c3c3c5c5c%13c6c6c7c7c9c9c%14c%10c%10c%11c%11c%12c%12c3c3c5c5c%13c%13c6c6c7c9c7c9c%14c%10c%10c%11c%11c%12c3c3c5c5c%13c6c7c6c9c%10c%11c3c56)C84[C@@H]2c2ccncc2)c1. The molecule has 0 radical (unpaired) electrons. The van der Waals surface area contributed by atoms with Crippen LogP contribution < -0.4 is 0 Å². The van der Waals surface area contributed by atoms with Gasteiger partial charge in [-0.25, -0.2) is 0 Å². The van der Waals surface area contributed by atoms with Crippen molar-refractivity contribution in [3.8, 4) is 0 Å². The van der Waals surface area contributed by atoms with Gasteiger partial charge >= 0.3 is 0 Å². The van der Waals surface area contributed by atoms with E-state index in [1.165, 1.54) is 16.7 Å². The third-order valence-corrected chi connectivity index (χ3v) is 28.1. The molecule has 82 heavy (non-hydrogen) atoms. The molecule has 2 atom stereocenters. The molecule has 4 heteroatoms. The lowest BCUT2D eigenvalue weighted by Gasteiger charge is -2.53. The fourth-order valence-electron chi connectivity index (χ4n) is 27.9. The summed E-state index contributed by atoms with van der Waals surface area (Å²) in [6.45, 7) is 0.764. The van der Waals surface area contributed by atoms with E-state index in [9.17, 15) is 0 Å². The molecule has 348 valence electrons. The molecule has 5 aliphatic rings. The van der Waals surface area contributed by atoms with E-state index in [1.54, 1.807) is 313 Å². The molecule has 4 nitrogen and oxygen atoms in total. The summed E-state index contributed by atoms with van der Waals surface area (Å²) in [5, 5.41) is 88.1. The highest BCUT2D eigenvalue weighted by Crippen LogP contribution is 2.89. The quantitative estimate of drug-likeness (QED) is 0.165. The maximum absolute atomic E-state index is 4.94. The smallest absolute Gasteiger partial charge is 0.0581 e. The number of aromatic nitrogens is 3. The van der Waals surface area contributed by atoms with Gasteiger partial charge in [0.05, 0.1) is 22.9 Å². The zero-order valence-corrected chi connectivity index (χ0v) is 42.1. The summed E-state index contributed by atoms with van der Waals surface area (Å²) < 4.78 is 0. The number of hydrogen-bond acceptors (Lipinski definition) is 4. The molecular weight excluding hydrogens is 993 g/mol. The van der Waals surface area contributed by atoms with Crippen LogP contribution in [-0.2, 0) is 17.4 Å². The third kappa shape index (κ3) is 1.89. The molecule has 4 aliphatic carbocycles. The molecule has 1 aliphatic heterocycles. The van der Waals surface area contributed by atoms with Gasteiger partial charge in [-0.2, -0.15) is 0 Å². The van der Waals surface area contributed by atoms with Crippen LogP contribution >= 0.6 is 0 Å². The summed E-state index contributed by atoms with van der Waals surface area (Å²) >= 11 is 0. The van der Waals surface area contributed by atoms with Crippen molar-refractivity contribution >= 4 is 291 Å². The second-order valence-electron chi connectivity index (χ2n) is 28.8. The van der Waals surface area contributed by atoms with Crippen LogP contribution in [0.25, 0.3) is 291 Å². The van der Waals surface area contributed by atoms with E-state index in [0.717, 1.165) is 6.54 Å². The largest absolute Gasteiger partial charge is 0.282 e. The second-order valence-corrected chi connectivity index (χ2v) is 28.8. The average Bonchev–Trinajstić information content (AvgIpc) is 1.41. The van der Waals surface area contributed by atoms with Gasteiger partial charge in [0.15, 0.2) is 0 Å². The number of hydrogen-bond donors (Lipinski definition) is 0. The van der Waals surface area contributed by atoms with Crippen LogP contribution in [0.1, 0.15) is 51.0 Å². The van der Waals surface area contributed by atoms with E-state index in [1.807, 2.05) is 6.20 Å². The van der Waals surface area contributed by atoms with Gasteiger partial charge in [0, 0.05) is 43.7 Å². The fourth-order valence-corrected chi connectivity index (χ4v) is 27.9. The lowest BCUT2D eigenvalue weighted by molar-refractivity contribution is 0.165. The molecule has 0 unspecified atom stereocenters. The summed E-state index contributed by atoms with van der Waals surface area (Å²) in [6.07, 6.45) is 12.7. The van der Waals surface area contributed by atoms with E-state index in [4.69, 9.17) is 15.0 Å². The highest BCUT2D eigenvalue weighted by molar-refractivity contribution is 6.82. The van der Waals surface area contributed by atoms with Crippen LogP contribution in [-0.4, -0.2) is 19.9 Å². The Morgan fingerprint density at radius 2 is 0.451 bits per heavy atom. The molecule has 31 aromatic rings. The van der Waals surface area contributed by atoms with Gasteiger partial charge < -0.3 is 0 Å². The van der Waals surface area contributed by atoms with Crippen molar-refractivity contribution in [2.75, 3.05) is 0 Å². The monoisotopic (exact) mass is 1010 g/mol. The molecule has 0 amide bonds. The molecule has 0 N–H and O–H groups in total. The predicted octanol–water partition coefficient (Wildman–Crippen LogP) is 19.5. The lowest BCUT2D eigenvalue weighted by atomic mass is 9.45. The molecular formula is C78H16N4. The van der Waals surface area contributed by atoms with Crippen molar-refractivity contribution in [2.45, 2.75) is 29.5 Å². The van der Waals surface area contributed by atoms with Gasteiger partial charge in [0.1, 0.15) is 0 Å². The van der Waals surface area contributed by atoms with E-state index in [2.05, 4.69) is 72.3 Å². The van der Waals surface area contributed by atoms with Crippen molar-refractivity contribution in [1.82, 2.24) is 19.9 Å². The number of benzene rings is 18. The first-order valence-electron chi connectivity index (χ1n) is 30.1. The van der Waals surface area contributed by atoms with Crippen molar-refractivity contribution in [2.24, 2.45) is 0 Å². The van der Waals surface area contributed by atoms with Crippen LogP contribution in [0.4, 0.5) is 0 Å². The maximum atomic E-state index is 4.94. The highest BCUT2D eigenvalue weighted by atomic mass is 15.3. The van der Waals surface area contributed by atoms with Crippen molar-refractivity contribution in [3.63, 3.8) is 0 Å². The van der Waals surface area contributed by atoms with Gasteiger partial charge in [-0.3, -0.25) is 19.9 Å². The van der Waals surface area contributed by atoms with E-state index in [0.29, 0.717) is 0 Å². The molecule has 3 aromatic heterocycles. The molecule has 0 saturated carbocycles. The fraction of sp³-hybridized carbons (Fsp3) is 0.0641. The van der Waals surface area contributed by atoms with Gasteiger partial charge in [-0.15, -0.1) is 0 Å². The van der Waals surface area contributed by atoms with Crippen molar-refractivity contribution < 1.29 is 0 Å². The highest BCUT2D eigenvalue weighted by Gasteiger charge is 2.79. The standard InChI is InChI=1S/C78H16N4/c1-2-14(12-81-7-1)13-82-75(15-3-8-79-9-4-15)77-71-63-55-45-35-27-19-17-18-21-25-23(19)31-39-33(25)43-37-29(21)30-22(18)26-24-20(17)28(27)36-42-32(24)40-34(26)44-38(30)48-47(37)57-51(43)61-53(39)59(49(55)41(31)35)67(71)69(61)73-65(57)66-58(48)52(44)62-54(40)60-50(42)56(46(36)45)64(63)72(77)68(60)70(62)74(66)78(73,77)76(82)16-5-10-80-11-6-16/h1-12,75-76H,13H2/t75-,76-,77?,78?/m0/s1. The summed E-state index contributed by atoms with van der Waals surface area (Å²) in [6, 6.07) is 14.2. The van der Waals surface area contributed by atoms with Crippen LogP contribution in [0, 0.1) is 0 Å². The Labute approximate surface area is 450 Å². The summed E-state index contributed by atoms with van der Waals surface area (Å²) in [7, 11) is 0. The Bertz CT molecular complexity index is 7530. The predicted molar refractivity (Wildman–Crippen MR) is 338 cm³/mol. The summed E-state index contributed by atoms with van der Waals surface area (Å²) in [4.78, 5) is 17.9. The minimum atomic E-state index is -0.546. The Balaban J connectivity index is 1.05. The van der Waals surface area contributed by atoms with Crippen molar-refractivity contribution in [3.05, 3.63) is 113 Å². The first kappa shape index (κ1) is 32.2. The van der Waals surface area contributed by atoms with E-state index >= 15 is 0 Å². The zero-order valence-electron chi connectivity index (χ0n) is 42.1. The second kappa shape index (κ2) is 7.85. The van der Waals surface area contributed by atoms with Crippen LogP contribution in [0.5, 0.6) is 0 Å². The molecule has 36 rings (SSSR count). The molecule has 1 fully saturated rings. The molecule has 28 aromatic carbocycles. The number of rotatable bonds is 4. The zero-order chi connectivity index (χ0) is 49.3. The number of likely N-dealkylation sites (tertiary alicyclic amines) is 1. The first-order valence-corrected chi connectivity index (χ1v) is 30.1. The Morgan fingerprint density at radius 1 is 0.244 bits per heavy atom. The summed E-state index contributed by atoms with van der Waals surface area (Å²) in [5.74, 6) is 0. The van der Waals surface area contributed by atoms with E-state index in [-0.39, 0.29) is 12.1 Å². The minimum absolute atomic E-state index is 0.0652. The Hall–Kier alpha value is -10.1. The molecule has 2 spiro atoms. The average molecular weight is 1010 g/mol. The number of pyridine rings is 3. The van der Waals surface area contributed by atoms with Gasteiger partial charge in [0.25, 0.3) is 0 Å². The maximum Gasteiger partial charge on any atom is 0.0581 e.